The number of carbonyl (C=O) groups is 1. The maximum absolute atomic E-state index is 10.9. The summed E-state index contributed by atoms with van der Waals surface area (Å²) in [7, 11) is 1.27. The Morgan fingerprint density at radius 2 is 1.85 bits per heavy atom. The Morgan fingerprint density at radius 1 is 1.31 bits per heavy atom. The second kappa shape index (κ2) is 6.06. The molecule has 0 unspecified atom stereocenters. The molecule has 0 aliphatic carbocycles. The summed E-state index contributed by atoms with van der Waals surface area (Å²) in [6, 6.07) is 6.24. The van der Waals surface area contributed by atoms with Gasteiger partial charge in [0.05, 0.1) is 7.11 Å². The lowest BCUT2D eigenvalue weighted by Gasteiger charge is -1.99. The van der Waals surface area contributed by atoms with Crippen molar-refractivity contribution in [3.63, 3.8) is 0 Å². The summed E-state index contributed by atoms with van der Waals surface area (Å²) in [6.07, 6.45) is 0. The van der Waals surface area contributed by atoms with E-state index in [0.717, 1.165) is 0 Å². The van der Waals surface area contributed by atoms with Crippen LogP contribution in [0.15, 0.2) is 24.3 Å². The smallest absolute Gasteiger partial charge is 0.341 e. The van der Waals surface area contributed by atoms with Gasteiger partial charge in [-0.3, -0.25) is 0 Å². The first-order valence-corrected chi connectivity index (χ1v) is 4.12. The van der Waals surface area contributed by atoms with Gasteiger partial charge in [-0.1, -0.05) is 26.0 Å². The van der Waals surface area contributed by atoms with Crippen molar-refractivity contribution in [1.82, 2.24) is 0 Å². The Balaban J connectivity index is 0.000000671. The molecule has 0 bridgehead atoms. The van der Waals surface area contributed by atoms with E-state index in [1.54, 1.807) is 12.1 Å². The molecule has 0 atom stereocenters. The van der Waals surface area contributed by atoms with Crippen molar-refractivity contribution >= 4 is 5.97 Å². The Morgan fingerprint density at radius 3 is 2.31 bits per heavy atom. The Kier molecular flexibility index (Phi) is 5.35. The number of ether oxygens (including phenoxy) is 1. The first-order chi connectivity index (χ1) is 6.25. The molecule has 13 heavy (non-hydrogen) atoms. The normalized spacial score (nSPS) is 8.23. The average molecular weight is 182 g/mol. The summed E-state index contributed by atoms with van der Waals surface area (Å²) in [5, 5.41) is 9.11. The van der Waals surface area contributed by atoms with Crippen LogP contribution in [0, 0.1) is 0 Å². The summed E-state index contributed by atoms with van der Waals surface area (Å²) >= 11 is 0. The molecule has 0 radical (unpaired) electrons. The maximum Gasteiger partial charge on any atom is 0.341 e. The Hall–Kier alpha value is -1.51. The number of carbonyl (C=O) groups excluding carboxylic acids is 1. The van der Waals surface area contributed by atoms with E-state index in [1.165, 1.54) is 19.2 Å². The fourth-order valence-corrected chi connectivity index (χ4v) is 0.756. The van der Waals surface area contributed by atoms with Gasteiger partial charge in [-0.2, -0.15) is 0 Å². The van der Waals surface area contributed by atoms with E-state index < -0.39 is 5.97 Å². The largest absolute Gasteiger partial charge is 0.507 e. The molecule has 3 heteroatoms. The van der Waals surface area contributed by atoms with E-state index in [2.05, 4.69) is 4.74 Å². The average Bonchev–Trinajstić information content (AvgIpc) is 2.20. The number of phenols is 1. The van der Waals surface area contributed by atoms with Gasteiger partial charge in [0.25, 0.3) is 0 Å². The molecule has 3 nitrogen and oxygen atoms in total. The predicted molar refractivity (Wildman–Crippen MR) is 50.8 cm³/mol. The minimum Gasteiger partial charge on any atom is -0.507 e. The second-order valence-electron chi connectivity index (χ2n) is 2.01. The predicted octanol–water partition coefficient (Wildman–Crippen LogP) is 2.21. The van der Waals surface area contributed by atoms with Crippen molar-refractivity contribution in [2.24, 2.45) is 0 Å². The summed E-state index contributed by atoms with van der Waals surface area (Å²) in [6.45, 7) is 4.00. The molecule has 1 rings (SSSR count). The molecule has 1 aromatic rings. The van der Waals surface area contributed by atoms with Crippen LogP contribution in [-0.2, 0) is 4.74 Å². The molecular formula is C10H14O3. The number of esters is 1. The Bertz CT molecular complexity index is 269. The number of benzene rings is 1. The fraction of sp³-hybridized carbons (Fsp3) is 0.300. The molecular weight excluding hydrogens is 168 g/mol. The number of para-hydroxylation sites is 1. The highest BCUT2D eigenvalue weighted by Gasteiger charge is 2.08. The third-order valence-corrected chi connectivity index (χ3v) is 1.31. The molecule has 1 N–H and O–H groups in total. The number of rotatable bonds is 1. The first-order valence-electron chi connectivity index (χ1n) is 4.12. The standard InChI is InChI=1S/C8H8O3.C2H6/c1-11-8(10)6-4-2-3-5-7(6)9;1-2/h2-5,9H,1H3;1-2H3. The summed E-state index contributed by atoms with van der Waals surface area (Å²) in [4.78, 5) is 10.9. The lowest BCUT2D eigenvalue weighted by Crippen LogP contribution is -2.00. The van der Waals surface area contributed by atoms with Crippen LogP contribution in [0.3, 0.4) is 0 Å². The van der Waals surface area contributed by atoms with Gasteiger partial charge in [0.2, 0.25) is 0 Å². The molecule has 72 valence electrons. The third-order valence-electron chi connectivity index (χ3n) is 1.31. The zero-order valence-electron chi connectivity index (χ0n) is 8.07. The van der Waals surface area contributed by atoms with Crippen LogP contribution in [0.5, 0.6) is 5.75 Å². The van der Waals surface area contributed by atoms with Crippen LogP contribution in [0.2, 0.25) is 0 Å². The van der Waals surface area contributed by atoms with E-state index in [0.29, 0.717) is 0 Å². The van der Waals surface area contributed by atoms with Crippen LogP contribution in [0.25, 0.3) is 0 Å². The highest BCUT2D eigenvalue weighted by atomic mass is 16.5. The molecule has 0 saturated heterocycles. The fourth-order valence-electron chi connectivity index (χ4n) is 0.756. The monoisotopic (exact) mass is 182 g/mol. The van der Waals surface area contributed by atoms with E-state index in [4.69, 9.17) is 5.11 Å². The van der Waals surface area contributed by atoms with Crippen LogP contribution in [-0.4, -0.2) is 18.2 Å². The zero-order valence-corrected chi connectivity index (χ0v) is 8.07. The quantitative estimate of drug-likeness (QED) is 0.677. The SMILES string of the molecule is CC.COC(=O)c1ccccc1O. The molecule has 0 heterocycles. The first kappa shape index (κ1) is 11.5. The van der Waals surface area contributed by atoms with Gasteiger partial charge in [-0.15, -0.1) is 0 Å². The highest BCUT2D eigenvalue weighted by Crippen LogP contribution is 2.15. The van der Waals surface area contributed by atoms with Gasteiger partial charge in [-0.25, -0.2) is 4.79 Å². The van der Waals surface area contributed by atoms with Crippen LogP contribution >= 0.6 is 0 Å². The molecule has 1 aromatic carbocycles. The van der Waals surface area contributed by atoms with Gasteiger partial charge in [-0.05, 0) is 12.1 Å². The molecule has 0 saturated carbocycles. The van der Waals surface area contributed by atoms with Gasteiger partial charge < -0.3 is 9.84 Å². The Labute approximate surface area is 78.0 Å². The minimum absolute atomic E-state index is 0.0562. The van der Waals surface area contributed by atoms with Crippen LogP contribution in [0.4, 0.5) is 0 Å². The zero-order chi connectivity index (χ0) is 10.3. The van der Waals surface area contributed by atoms with Crippen LogP contribution < -0.4 is 0 Å². The highest BCUT2D eigenvalue weighted by molar-refractivity contribution is 5.92. The van der Waals surface area contributed by atoms with E-state index >= 15 is 0 Å². The van der Waals surface area contributed by atoms with Gasteiger partial charge in [0.1, 0.15) is 11.3 Å². The third kappa shape index (κ3) is 3.15. The summed E-state index contributed by atoms with van der Waals surface area (Å²) < 4.78 is 4.42. The van der Waals surface area contributed by atoms with E-state index in [-0.39, 0.29) is 11.3 Å². The van der Waals surface area contributed by atoms with Crippen molar-refractivity contribution in [3.05, 3.63) is 29.8 Å². The van der Waals surface area contributed by atoms with Crippen molar-refractivity contribution in [1.29, 1.82) is 0 Å². The lowest BCUT2D eigenvalue weighted by molar-refractivity contribution is 0.0597. The van der Waals surface area contributed by atoms with Crippen molar-refractivity contribution in [2.45, 2.75) is 13.8 Å². The number of methoxy groups -OCH3 is 1. The van der Waals surface area contributed by atoms with Crippen LogP contribution in [0.1, 0.15) is 24.2 Å². The molecule has 0 aliphatic heterocycles. The molecule has 0 spiro atoms. The molecule has 0 aliphatic rings. The number of hydrogen-bond acceptors (Lipinski definition) is 3. The number of phenolic OH excluding ortho intramolecular Hbond substituents is 1. The van der Waals surface area contributed by atoms with Gasteiger partial charge >= 0.3 is 5.97 Å². The topological polar surface area (TPSA) is 46.5 Å². The minimum atomic E-state index is -0.525. The number of hydrogen-bond donors (Lipinski definition) is 1. The van der Waals surface area contributed by atoms with Crippen molar-refractivity contribution in [2.75, 3.05) is 7.11 Å². The lowest BCUT2D eigenvalue weighted by atomic mass is 10.2. The summed E-state index contributed by atoms with van der Waals surface area (Å²) in [5.74, 6) is -0.581. The molecule has 0 aromatic heterocycles. The molecule has 0 fully saturated rings. The summed E-state index contributed by atoms with van der Waals surface area (Å²) in [5.41, 5.74) is 0.190. The maximum atomic E-state index is 10.9. The van der Waals surface area contributed by atoms with Gasteiger partial charge in [0, 0.05) is 0 Å². The van der Waals surface area contributed by atoms with Crippen molar-refractivity contribution < 1.29 is 14.6 Å². The second-order valence-corrected chi connectivity index (χ2v) is 2.01. The van der Waals surface area contributed by atoms with E-state index in [9.17, 15) is 4.79 Å². The molecule has 0 amide bonds. The van der Waals surface area contributed by atoms with Gasteiger partial charge in [0.15, 0.2) is 0 Å². The van der Waals surface area contributed by atoms with Crippen molar-refractivity contribution in [3.8, 4) is 5.75 Å². The number of aromatic hydroxyl groups is 1. The van der Waals surface area contributed by atoms with E-state index in [1.807, 2.05) is 13.8 Å².